The van der Waals surface area contributed by atoms with Crippen molar-refractivity contribution in [2.45, 2.75) is 18.9 Å². The third-order valence-corrected chi connectivity index (χ3v) is 4.32. The molecule has 1 atom stereocenters. The van der Waals surface area contributed by atoms with Gasteiger partial charge in [-0.25, -0.2) is 4.79 Å². The Kier molecular flexibility index (Phi) is 4.95. The predicted molar refractivity (Wildman–Crippen MR) is 91.0 cm³/mol. The highest BCUT2D eigenvalue weighted by atomic mass is 16.3. The van der Waals surface area contributed by atoms with E-state index in [0.29, 0.717) is 0 Å². The number of urea groups is 1. The molecule has 0 saturated carbocycles. The molecular weight excluding hydrogens is 322 g/mol. The van der Waals surface area contributed by atoms with Crippen LogP contribution in [-0.2, 0) is 9.59 Å². The van der Waals surface area contributed by atoms with Crippen molar-refractivity contribution in [3.05, 3.63) is 53.6 Å². The van der Waals surface area contributed by atoms with Gasteiger partial charge in [-0.3, -0.25) is 20.2 Å². The molecule has 2 heterocycles. The summed E-state index contributed by atoms with van der Waals surface area (Å²) in [7, 11) is 0. The summed E-state index contributed by atoms with van der Waals surface area (Å²) in [4.78, 5) is 36.9. The van der Waals surface area contributed by atoms with Gasteiger partial charge in [0.1, 0.15) is 5.57 Å². The monoisotopic (exact) mass is 341 g/mol. The van der Waals surface area contributed by atoms with Crippen molar-refractivity contribution in [2.24, 2.45) is 0 Å². The molecule has 2 aliphatic heterocycles. The number of amides is 4. The largest absolute Gasteiger partial charge is 0.394 e. The van der Waals surface area contributed by atoms with Gasteiger partial charge in [-0.15, -0.1) is 0 Å². The van der Waals surface area contributed by atoms with Gasteiger partial charge in [-0.05, 0) is 30.6 Å². The third-order valence-electron chi connectivity index (χ3n) is 4.32. The van der Waals surface area contributed by atoms with Gasteiger partial charge in [-0.2, -0.15) is 0 Å². The number of nitrogens with zero attached hydrogens (tertiary/aromatic N) is 1. The lowest BCUT2D eigenvalue weighted by Crippen LogP contribution is -2.51. The number of barbiturate groups is 1. The summed E-state index contributed by atoms with van der Waals surface area (Å²) in [6.07, 6.45) is 4.94. The Morgan fingerprint density at radius 2 is 1.84 bits per heavy atom. The fourth-order valence-corrected chi connectivity index (χ4v) is 3.10. The number of hydrogen-bond acceptors (Lipinski definition) is 5. The first-order valence-corrected chi connectivity index (χ1v) is 8.11. The number of hydrogen-bond donors (Lipinski definition) is 3. The fraction of sp³-hybridized carbons (Fsp3) is 0.278. The van der Waals surface area contributed by atoms with Gasteiger partial charge >= 0.3 is 6.03 Å². The maximum atomic E-state index is 11.9. The molecule has 1 aromatic carbocycles. The molecule has 0 radical (unpaired) electrons. The molecule has 0 spiro atoms. The lowest BCUT2D eigenvalue weighted by Gasteiger charge is -2.28. The zero-order chi connectivity index (χ0) is 17.8. The van der Waals surface area contributed by atoms with E-state index < -0.39 is 17.8 Å². The van der Waals surface area contributed by atoms with Crippen LogP contribution in [-0.4, -0.2) is 47.0 Å². The van der Waals surface area contributed by atoms with Crippen molar-refractivity contribution in [3.63, 3.8) is 0 Å². The van der Waals surface area contributed by atoms with Crippen LogP contribution in [0, 0.1) is 0 Å². The lowest BCUT2D eigenvalue weighted by molar-refractivity contribution is -0.124. The zero-order valence-corrected chi connectivity index (χ0v) is 13.6. The van der Waals surface area contributed by atoms with E-state index in [1.165, 1.54) is 6.08 Å². The predicted octanol–water partition coefficient (Wildman–Crippen LogP) is 0.777. The number of allylic oxidation sites excluding steroid dienone is 2. The highest BCUT2D eigenvalue weighted by Gasteiger charge is 2.29. The molecule has 0 unspecified atom stereocenters. The Balaban J connectivity index is 1.98. The van der Waals surface area contributed by atoms with E-state index in [4.69, 9.17) is 0 Å². The SMILES string of the molecule is O=C1NC(=O)C(=C/C=C(/c2ccccc2)N2CCC[C@H]2CO)C(=O)N1. The molecule has 130 valence electrons. The van der Waals surface area contributed by atoms with Crippen LogP contribution >= 0.6 is 0 Å². The second kappa shape index (κ2) is 7.31. The highest BCUT2D eigenvalue weighted by Crippen LogP contribution is 2.28. The molecule has 7 nitrogen and oxygen atoms in total. The number of aliphatic hydroxyl groups excluding tert-OH is 1. The van der Waals surface area contributed by atoms with Gasteiger partial charge in [0.05, 0.1) is 12.6 Å². The first-order valence-electron chi connectivity index (χ1n) is 8.11. The Bertz CT molecular complexity index is 733. The van der Waals surface area contributed by atoms with Gasteiger partial charge in [0.15, 0.2) is 0 Å². The van der Waals surface area contributed by atoms with Crippen molar-refractivity contribution in [2.75, 3.05) is 13.2 Å². The molecule has 3 N–H and O–H groups in total. The Morgan fingerprint density at radius 3 is 2.48 bits per heavy atom. The van der Waals surface area contributed by atoms with Crippen LogP contribution < -0.4 is 10.6 Å². The van der Waals surface area contributed by atoms with Crippen molar-refractivity contribution >= 4 is 23.5 Å². The average Bonchev–Trinajstić information content (AvgIpc) is 3.06. The summed E-state index contributed by atoms with van der Waals surface area (Å²) in [5.74, 6) is -1.45. The lowest BCUT2D eigenvalue weighted by atomic mass is 10.1. The maximum absolute atomic E-state index is 11.9. The normalized spacial score (nSPS) is 21.2. The summed E-state index contributed by atoms with van der Waals surface area (Å²) in [6.45, 7) is 0.822. The maximum Gasteiger partial charge on any atom is 0.328 e. The second-order valence-electron chi connectivity index (χ2n) is 5.91. The van der Waals surface area contributed by atoms with Crippen molar-refractivity contribution in [3.8, 4) is 0 Å². The summed E-state index contributed by atoms with van der Waals surface area (Å²) in [6, 6.07) is 8.75. The van der Waals surface area contributed by atoms with Gasteiger partial charge in [0.25, 0.3) is 11.8 Å². The number of carbonyl (C=O) groups excluding carboxylic acids is 3. The number of nitrogens with one attached hydrogen (secondary N) is 2. The number of likely N-dealkylation sites (tertiary alicyclic amines) is 1. The van der Waals surface area contributed by atoms with Crippen LogP contribution in [0.1, 0.15) is 18.4 Å². The molecule has 1 aromatic rings. The number of aliphatic hydroxyl groups is 1. The number of imide groups is 2. The first-order chi connectivity index (χ1) is 12.1. The van der Waals surface area contributed by atoms with E-state index in [1.807, 2.05) is 30.3 Å². The molecular formula is C18H19N3O4. The minimum Gasteiger partial charge on any atom is -0.394 e. The third kappa shape index (κ3) is 3.61. The standard InChI is InChI=1S/C18H19N3O4/c22-11-13-7-4-10-21(13)15(12-5-2-1-3-6-12)9-8-14-16(23)19-18(25)20-17(14)24/h1-3,5-6,8-9,13,22H,4,7,10-11H2,(H2,19,20,23,24,25)/b15-9-/t13-/m0/s1. The van der Waals surface area contributed by atoms with Crippen molar-refractivity contribution in [1.82, 2.24) is 15.5 Å². The molecule has 3 rings (SSSR count). The molecule has 2 saturated heterocycles. The van der Waals surface area contributed by atoms with Crippen molar-refractivity contribution in [1.29, 1.82) is 0 Å². The highest BCUT2D eigenvalue weighted by molar-refractivity contribution is 6.29. The first kappa shape index (κ1) is 16.9. The van der Waals surface area contributed by atoms with E-state index >= 15 is 0 Å². The zero-order valence-electron chi connectivity index (χ0n) is 13.6. The molecule has 2 aliphatic rings. The van der Waals surface area contributed by atoms with Crippen LogP contribution in [0.25, 0.3) is 5.70 Å². The van der Waals surface area contributed by atoms with Gasteiger partial charge in [0, 0.05) is 12.2 Å². The minimum atomic E-state index is -0.820. The van der Waals surface area contributed by atoms with Gasteiger partial charge < -0.3 is 10.0 Å². The number of rotatable bonds is 4. The van der Waals surface area contributed by atoms with Crippen LogP contribution in [0.4, 0.5) is 4.79 Å². The fourth-order valence-electron chi connectivity index (χ4n) is 3.10. The number of benzene rings is 1. The minimum absolute atomic E-state index is 0.000410. The van der Waals surface area contributed by atoms with Crippen LogP contribution in [0.3, 0.4) is 0 Å². The average molecular weight is 341 g/mol. The van der Waals surface area contributed by atoms with Crippen LogP contribution in [0.5, 0.6) is 0 Å². The second-order valence-corrected chi connectivity index (χ2v) is 5.91. The molecule has 7 heteroatoms. The summed E-state index contributed by atoms with van der Waals surface area (Å²) < 4.78 is 0. The molecule has 0 aromatic heterocycles. The van der Waals surface area contributed by atoms with Gasteiger partial charge in [0.2, 0.25) is 0 Å². The van der Waals surface area contributed by atoms with Crippen LogP contribution in [0.15, 0.2) is 48.1 Å². The Labute approximate surface area is 145 Å². The summed E-state index contributed by atoms with van der Waals surface area (Å²) in [5.41, 5.74) is 1.61. The van der Waals surface area contributed by atoms with Crippen LogP contribution in [0.2, 0.25) is 0 Å². The van der Waals surface area contributed by atoms with Crippen molar-refractivity contribution < 1.29 is 19.5 Å². The summed E-state index contributed by atoms with van der Waals surface area (Å²) >= 11 is 0. The topological polar surface area (TPSA) is 98.7 Å². The molecule has 0 bridgehead atoms. The Morgan fingerprint density at radius 1 is 1.16 bits per heavy atom. The van der Waals surface area contributed by atoms with E-state index in [0.717, 1.165) is 30.6 Å². The van der Waals surface area contributed by atoms with E-state index in [-0.39, 0.29) is 18.2 Å². The van der Waals surface area contributed by atoms with E-state index in [1.54, 1.807) is 6.08 Å². The van der Waals surface area contributed by atoms with Gasteiger partial charge in [-0.1, -0.05) is 30.3 Å². The molecule has 4 amide bonds. The molecule has 0 aliphatic carbocycles. The molecule has 25 heavy (non-hydrogen) atoms. The van der Waals surface area contributed by atoms with E-state index in [9.17, 15) is 19.5 Å². The quantitative estimate of drug-likeness (QED) is 0.555. The summed E-state index contributed by atoms with van der Waals surface area (Å²) in [5, 5.41) is 13.7. The number of carbonyl (C=O) groups is 3. The smallest absolute Gasteiger partial charge is 0.328 e. The Hall–Kier alpha value is -2.93. The van der Waals surface area contributed by atoms with E-state index in [2.05, 4.69) is 15.5 Å². The molecule has 2 fully saturated rings.